The molecule has 1 amide bonds. The highest BCUT2D eigenvalue weighted by molar-refractivity contribution is 6.30. The highest BCUT2D eigenvalue weighted by atomic mass is 35.5. The third-order valence-electron chi connectivity index (χ3n) is 3.20. The van der Waals surface area contributed by atoms with E-state index in [1.165, 1.54) is 12.1 Å². The van der Waals surface area contributed by atoms with Crippen molar-refractivity contribution in [1.29, 1.82) is 0 Å². The molecular weight excluding hydrogens is 293 g/mol. The zero-order chi connectivity index (χ0) is 14.8. The van der Waals surface area contributed by atoms with Gasteiger partial charge in [-0.15, -0.1) is 0 Å². The van der Waals surface area contributed by atoms with Gasteiger partial charge in [0.15, 0.2) is 0 Å². The van der Waals surface area contributed by atoms with Crippen LogP contribution < -0.4 is 10.6 Å². The van der Waals surface area contributed by atoms with Crippen LogP contribution in [0.2, 0.25) is 5.02 Å². The summed E-state index contributed by atoms with van der Waals surface area (Å²) in [6.45, 7) is 1.56. The van der Waals surface area contributed by atoms with Gasteiger partial charge in [-0.25, -0.2) is 0 Å². The first kappa shape index (κ1) is 15.1. The third-order valence-corrected chi connectivity index (χ3v) is 3.43. The predicted octanol–water partition coefficient (Wildman–Crippen LogP) is 3.30. The first-order chi connectivity index (χ1) is 9.36. The number of halogens is 4. The largest absolute Gasteiger partial charge is 0.418 e. The molecule has 0 spiro atoms. The van der Waals surface area contributed by atoms with Crippen molar-refractivity contribution in [1.82, 2.24) is 5.32 Å². The molecule has 1 aliphatic heterocycles. The van der Waals surface area contributed by atoms with Crippen LogP contribution in [0, 0.1) is 5.92 Å². The minimum atomic E-state index is -4.55. The Balaban J connectivity index is 2.10. The Bertz CT molecular complexity index is 499. The van der Waals surface area contributed by atoms with Crippen molar-refractivity contribution in [2.75, 3.05) is 18.4 Å². The fourth-order valence-corrected chi connectivity index (χ4v) is 2.38. The number of hydrogen-bond acceptors (Lipinski definition) is 2. The summed E-state index contributed by atoms with van der Waals surface area (Å²) in [5.74, 6) is -0.233. The lowest BCUT2D eigenvalue weighted by atomic mass is 10.0. The molecule has 2 rings (SSSR count). The SMILES string of the molecule is O=C(CC1CCNC1)Nc1ccc(Cl)cc1C(F)(F)F. The van der Waals surface area contributed by atoms with Gasteiger partial charge in [0.1, 0.15) is 0 Å². The van der Waals surface area contributed by atoms with E-state index in [0.717, 1.165) is 25.6 Å². The number of hydrogen-bond donors (Lipinski definition) is 2. The zero-order valence-electron chi connectivity index (χ0n) is 10.6. The van der Waals surface area contributed by atoms with Crippen molar-refractivity contribution < 1.29 is 18.0 Å². The van der Waals surface area contributed by atoms with Gasteiger partial charge >= 0.3 is 6.18 Å². The maximum Gasteiger partial charge on any atom is 0.418 e. The van der Waals surface area contributed by atoms with Crippen molar-refractivity contribution in [3.63, 3.8) is 0 Å². The first-order valence-electron chi connectivity index (χ1n) is 6.23. The van der Waals surface area contributed by atoms with Gasteiger partial charge < -0.3 is 10.6 Å². The van der Waals surface area contributed by atoms with Crippen LogP contribution in [0.25, 0.3) is 0 Å². The standard InChI is InChI=1S/C13H14ClF3N2O/c14-9-1-2-11(10(6-9)13(15,16)17)19-12(20)5-8-3-4-18-7-8/h1-2,6,8,18H,3-5,7H2,(H,19,20). The lowest BCUT2D eigenvalue weighted by Crippen LogP contribution is -2.20. The quantitative estimate of drug-likeness (QED) is 0.899. The van der Waals surface area contributed by atoms with Crippen molar-refractivity contribution in [2.24, 2.45) is 5.92 Å². The summed E-state index contributed by atoms with van der Waals surface area (Å²) < 4.78 is 38.6. The number of carbonyl (C=O) groups is 1. The second-order valence-corrected chi connectivity index (χ2v) is 5.24. The van der Waals surface area contributed by atoms with Crippen LogP contribution in [-0.2, 0) is 11.0 Å². The fraction of sp³-hybridized carbons (Fsp3) is 0.462. The molecule has 1 aromatic carbocycles. The summed E-state index contributed by atoms with van der Waals surface area (Å²) in [7, 11) is 0. The Labute approximate surface area is 119 Å². The van der Waals surface area contributed by atoms with Crippen LogP contribution in [0.5, 0.6) is 0 Å². The number of anilines is 1. The van der Waals surface area contributed by atoms with Crippen LogP contribution >= 0.6 is 11.6 Å². The van der Waals surface area contributed by atoms with Crippen LogP contribution in [0.3, 0.4) is 0 Å². The Morgan fingerprint density at radius 1 is 1.45 bits per heavy atom. The smallest absolute Gasteiger partial charge is 0.325 e. The Hall–Kier alpha value is -1.27. The molecule has 0 radical (unpaired) electrons. The van der Waals surface area contributed by atoms with Gasteiger partial charge in [-0.2, -0.15) is 13.2 Å². The number of benzene rings is 1. The van der Waals surface area contributed by atoms with E-state index < -0.39 is 17.6 Å². The van der Waals surface area contributed by atoms with Gasteiger partial charge in [0.25, 0.3) is 0 Å². The number of amides is 1. The number of alkyl halides is 3. The second kappa shape index (κ2) is 6.01. The molecule has 1 unspecified atom stereocenters. The van der Waals surface area contributed by atoms with Crippen LogP contribution in [-0.4, -0.2) is 19.0 Å². The molecule has 1 heterocycles. The molecule has 0 aromatic heterocycles. The Morgan fingerprint density at radius 3 is 2.80 bits per heavy atom. The van der Waals surface area contributed by atoms with E-state index in [-0.39, 0.29) is 23.0 Å². The summed E-state index contributed by atoms with van der Waals surface area (Å²) in [5, 5.41) is 5.41. The average Bonchev–Trinajstić information content (AvgIpc) is 2.82. The summed E-state index contributed by atoms with van der Waals surface area (Å²) in [5.41, 5.74) is -1.18. The topological polar surface area (TPSA) is 41.1 Å². The molecule has 3 nitrogen and oxygen atoms in total. The van der Waals surface area contributed by atoms with Crippen molar-refractivity contribution in [3.8, 4) is 0 Å². The normalized spacial score (nSPS) is 19.1. The van der Waals surface area contributed by atoms with E-state index in [0.29, 0.717) is 0 Å². The molecule has 0 bridgehead atoms. The highest BCUT2D eigenvalue weighted by Gasteiger charge is 2.34. The van der Waals surface area contributed by atoms with E-state index >= 15 is 0 Å². The van der Waals surface area contributed by atoms with Crippen molar-refractivity contribution >= 4 is 23.2 Å². The molecule has 1 fully saturated rings. The molecule has 1 saturated heterocycles. The molecule has 1 aliphatic rings. The summed E-state index contributed by atoms with van der Waals surface area (Å²) in [4.78, 5) is 11.8. The lowest BCUT2D eigenvalue weighted by Gasteiger charge is -2.15. The summed E-state index contributed by atoms with van der Waals surface area (Å²) >= 11 is 5.58. The minimum absolute atomic E-state index is 0.0182. The predicted molar refractivity (Wildman–Crippen MR) is 70.7 cm³/mol. The van der Waals surface area contributed by atoms with Crippen LogP contribution in [0.4, 0.5) is 18.9 Å². The molecule has 1 aromatic rings. The van der Waals surface area contributed by atoms with Crippen LogP contribution in [0.15, 0.2) is 18.2 Å². The van der Waals surface area contributed by atoms with Gasteiger partial charge in [-0.05, 0) is 43.6 Å². The molecule has 20 heavy (non-hydrogen) atoms. The monoisotopic (exact) mass is 306 g/mol. The third kappa shape index (κ3) is 3.86. The Morgan fingerprint density at radius 2 is 2.20 bits per heavy atom. The summed E-state index contributed by atoms with van der Waals surface area (Å²) in [6.07, 6.45) is -3.48. The van der Waals surface area contributed by atoms with Crippen molar-refractivity contribution in [2.45, 2.75) is 19.0 Å². The van der Waals surface area contributed by atoms with E-state index in [1.807, 2.05) is 0 Å². The van der Waals surface area contributed by atoms with E-state index in [9.17, 15) is 18.0 Å². The van der Waals surface area contributed by atoms with E-state index in [1.54, 1.807) is 0 Å². The van der Waals surface area contributed by atoms with E-state index in [2.05, 4.69) is 10.6 Å². The molecule has 110 valence electrons. The Kier molecular flexibility index (Phi) is 4.55. The van der Waals surface area contributed by atoms with Gasteiger partial charge in [0, 0.05) is 11.4 Å². The fourth-order valence-electron chi connectivity index (χ4n) is 2.21. The number of rotatable bonds is 3. The first-order valence-corrected chi connectivity index (χ1v) is 6.61. The van der Waals surface area contributed by atoms with Gasteiger partial charge in [0.2, 0.25) is 5.91 Å². The molecule has 7 heteroatoms. The van der Waals surface area contributed by atoms with Gasteiger partial charge in [-0.1, -0.05) is 11.6 Å². The van der Waals surface area contributed by atoms with Gasteiger partial charge in [0.05, 0.1) is 11.3 Å². The average molecular weight is 307 g/mol. The summed E-state index contributed by atoms with van der Waals surface area (Å²) in [6, 6.07) is 3.31. The maximum absolute atomic E-state index is 12.9. The second-order valence-electron chi connectivity index (χ2n) is 4.80. The van der Waals surface area contributed by atoms with Crippen molar-refractivity contribution in [3.05, 3.63) is 28.8 Å². The minimum Gasteiger partial charge on any atom is -0.325 e. The van der Waals surface area contributed by atoms with Gasteiger partial charge in [-0.3, -0.25) is 4.79 Å². The molecule has 2 N–H and O–H groups in total. The molecule has 0 saturated carbocycles. The molecular formula is C13H14ClF3N2O. The highest BCUT2D eigenvalue weighted by Crippen LogP contribution is 2.36. The lowest BCUT2D eigenvalue weighted by molar-refractivity contribution is -0.137. The maximum atomic E-state index is 12.9. The molecule has 0 aliphatic carbocycles. The van der Waals surface area contributed by atoms with Crippen LogP contribution in [0.1, 0.15) is 18.4 Å². The number of nitrogens with one attached hydrogen (secondary N) is 2. The van der Waals surface area contributed by atoms with E-state index in [4.69, 9.17) is 11.6 Å². The molecule has 1 atom stereocenters. The number of carbonyl (C=O) groups excluding carboxylic acids is 1. The zero-order valence-corrected chi connectivity index (χ0v) is 11.3.